The number of hydrogen-bond donors (Lipinski definition) is 0. The maximum absolute atomic E-state index is 12.2. The van der Waals surface area contributed by atoms with Crippen LogP contribution < -0.4 is 0 Å². The highest BCUT2D eigenvalue weighted by atomic mass is 32.1. The van der Waals surface area contributed by atoms with E-state index in [9.17, 15) is 4.79 Å². The van der Waals surface area contributed by atoms with Gasteiger partial charge in [0.15, 0.2) is 4.96 Å². The number of amides is 1. The molecule has 0 spiro atoms. The average molecular weight is 306 g/mol. The molecule has 3 aromatic heterocycles. The normalized spacial score (nSPS) is 11.2. The van der Waals surface area contributed by atoms with E-state index in [2.05, 4.69) is 26.9 Å². The molecular formula is C13H14N4OS2. The van der Waals surface area contributed by atoms with E-state index < -0.39 is 0 Å². The molecule has 0 atom stereocenters. The maximum atomic E-state index is 12.2. The van der Waals surface area contributed by atoms with Crippen LogP contribution in [-0.2, 0) is 6.54 Å². The second-order valence-electron chi connectivity index (χ2n) is 4.68. The third-order valence-electron chi connectivity index (χ3n) is 3.13. The monoisotopic (exact) mass is 306 g/mol. The van der Waals surface area contributed by atoms with Crippen molar-refractivity contribution in [2.24, 2.45) is 0 Å². The molecule has 0 bridgehead atoms. The zero-order valence-electron chi connectivity index (χ0n) is 11.5. The first kappa shape index (κ1) is 13.3. The fourth-order valence-electron chi connectivity index (χ4n) is 2.11. The van der Waals surface area contributed by atoms with E-state index in [0.29, 0.717) is 12.2 Å². The molecule has 0 saturated carbocycles. The number of nitrogens with zero attached hydrogens (tertiary/aromatic N) is 4. The number of carbonyl (C=O) groups excluding carboxylic acids is 1. The Morgan fingerprint density at radius 1 is 1.45 bits per heavy atom. The zero-order valence-corrected chi connectivity index (χ0v) is 13.1. The van der Waals surface area contributed by atoms with E-state index in [1.807, 2.05) is 12.3 Å². The Balaban J connectivity index is 1.89. The smallest absolute Gasteiger partial charge is 0.273 e. The number of aryl methyl sites for hydroxylation is 2. The van der Waals surface area contributed by atoms with Gasteiger partial charge in [0.25, 0.3) is 5.91 Å². The highest BCUT2D eigenvalue weighted by Crippen LogP contribution is 2.21. The lowest BCUT2D eigenvalue weighted by atomic mass is 10.3. The van der Waals surface area contributed by atoms with Crippen molar-refractivity contribution in [1.29, 1.82) is 0 Å². The molecular weight excluding hydrogens is 292 g/mol. The molecule has 3 heterocycles. The van der Waals surface area contributed by atoms with Gasteiger partial charge in [-0.05, 0) is 31.4 Å². The van der Waals surface area contributed by atoms with Gasteiger partial charge in [-0.15, -0.1) is 11.3 Å². The lowest BCUT2D eigenvalue weighted by Crippen LogP contribution is -2.27. The number of imidazole rings is 1. The van der Waals surface area contributed by atoms with Crippen molar-refractivity contribution in [2.45, 2.75) is 20.4 Å². The van der Waals surface area contributed by atoms with Crippen molar-refractivity contribution < 1.29 is 4.79 Å². The van der Waals surface area contributed by atoms with Crippen LogP contribution in [0.5, 0.6) is 0 Å². The van der Waals surface area contributed by atoms with Crippen LogP contribution in [0.2, 0.25) is 0 Å². The molecule has 7 heteroatoms. The molecule has 20 heavy (non-hydrogen) atoms. The highest BCUT2D eigenvalue weighted by molar-refractivity contribution is 7.17. The van der Waals surface area contributed by atoms with Gasteiger partial charge in [-0.1, -0.05) is 0 Å². The summed E-state index contributed by atoms with van der Waals surface area (Å²) >= 11 is 2.95. The lowest BCUT2D eigenvalue weighted by molar-refractivity contribution is 0.0778. The number of thiazole rings is 1. The Bertz CT molecular complexity index is 757. The van der Waals surface area contributed by atoms with E-state index in [0.717, 1.165) is 16.3 Å². The number of fused-ring (bicyclic) bond motifs is 1. The van der Waals surface area contributed by atoms with Crippen LogP contribution >= 0.6 is 22.9 Å². The van der Waals surface area contributed by atoms with Gasteiger partial charge in [0.1, 0.15) is 5.69 Å². The lowest BCUT2D eigenvalue weighted by Gasteiger charge is -2.15. The second-order valence-corrected chi connectivity index (χ2v) is 6.56. The van der Waals surface area contributed by atoms with Gasteiger partial charge < -0.3 is 4.90 Å². The molecule has 1 amide bonds. The molecule has 0 aliphatic heterocycles. The van der Waals surface area contributed by atoms with Crippen LogP contribution in [0.1, 0.15) is 26.8 Å². The fourth-order valence-corrected chi connectivity index (χ4v) is 3.51. The third-order valence-corrected chi connectivity index (χ3v) is 4.59. The van der Waals surface area contributed by atoms with Gasteiger partial charge in [0.05, 0.1) is 17.9 Å². The number of aromatic nitrogens is 3. The van der Waals surface area contributed by atoms with Gasteiger partial charge >= 0.3 is 0 Å². The van der Waals surface area contributed by atoms with E-state index in [-0.39, 0.29) is 5.91 Å². The summed E-state index contributed by atoms with van der Waals surface area (Å²) < 4.78 is 6.16. The largest absolute Gasteiger partial charge is 0.334 e. The molecule has 0 N–H and O–H groups in total. The first-order valence-corrected chi connectivity index (χ1v) is 7.81. The summed E-state index contributed by atoms with van der Waals surface area (Å²) in [4.78, 5) is 20.6. The minimum atomic E-state index is -0.0625. The number of carbonyl (C=O) groups is 1. The van der Waals surface area contributed by atoms with Crippen molar-refractivity contribution in [1.82, 2.24) is 18.7 Å². The quantitative estimate of drug-likeness (QED) is 0.747. The molecule has 104 valence electrons. The predicted molar refractivity (Wildman–Crippen MR) is 80.5 cm³/mol. The molecule has 3 rings (SSSR count). The summed E-state index contributed by atoms with van der Waals surface area (Å²) in [5.41, 5.74) is 2.52. The first-order chi connectivity index (χ1) is 9.56. The molecule has 3 aromatic rings. The molecule has 0 aliphatic carbocycles. The number of hydrogen-bond acceptors (Lipinski definition) is 5. The molecule has 0 unspecified atom stereocenters. The van der Waals surface area contributed by atoms with Crippen LogP contribution in [0.25, 0.3) is 4.96 Å². The summed E-state index contributed by atoms with van der Waals surface area (Å²) in [5, 5.41) is 1.81. The Labute approximate surface area is 124 Å². The van der Waals surface area contributed by atoms with Crippen molar-refractivity contribution in [3.63, 3.8) is 0 Å². The van der Waals surface area contributed by atoms with E-state index in [4.69, 9.17) is 0 Å². The second kappa shape index (κ2) is 4.99. The van der Waals surface area contributed by atoms with Crippen LogP contribution in [0.3, 0.4) is 0 Å². The van der Waals surface area contributed by atoms with Crippen LogP contribution in [-0.4, -0.2) is 31.6 Å². The Morgan fingerprint density at radius 2 is 2.25 bits per heavy atom. The van der Waals surface area contributed by atoms with Crippen LogP contribution in [0.4, 0.5) is 0 Å². The average Bonchev–Trinajstić information content (AvgIpc) is 3.08. The Morgan fingerprint density at radius 3 is 2.95 bits per heavy atom. The van der Waals surface area contributed by atoms with Crippen molar-refractivity contribution in [3.05, 3.63) is 39.6 Å². The minimum Gasteiger partial charge on any atom is -0.334 e. The van der Waals surface area contributed by atoms with Gasteiger partial charge in [-0.3, -0.25) is 9.20 Å². The van der Waals surface area contributed by atoms with Crippen molar-refractivity contribution in [3.8, 4) is 0 Å². The molecule has 0 aromatic carbocycles. The minimum absolute atomic E-state index is 0.0625. The third kappa shape index (κ3) is 2.23. The van der Waals surface area contributed by atoms with Crippen molar-refractivity contribution >= 4 is 33.7 Å². The Hall–Kier alpha value is -1.73. The SMILES string of the molecule is Cc1cn2c(CN(C)C(=O)c3ccsn3)c(C)nc2s1. The molecule has 0 saturated heterocycles. The highest BCUT2D eigenvalue weighted by Gasteiger charge is 2.18. The molecule has 5 nitrogen and oxygen atoms in total. The summed E-state index contributed by atoms with van der Waals surface area (Å²) in [6.45, 7) is 4.56. The van der Waals surface area contributed by atoms with E-state index in [1.54, 1.807) is 29.4 Å². The summed E-state index contributed by atoms with van der Waals surface area (Å²) in [6, 6.07) is 1.75. The van der Waals surface area contributed by atoms with Gasteiger partial charge in [0, 0.05) is 23.5 Å². The number of rotatable bonds is 3. The summed E-state index contributed by atoms with van der Waals surface area (Å²) in [7, 11) is 1.79. The van der Waals surface area contributed by atoms with Crippen LogP contribution in [0.15, 0.2) is 17.6 Å². The zero-order chi connectivity index (χ0) is 14.3. The fraction of sp³-hybridized carbons (Fsp3) is 0.308. The van der Waals surface area contributed by atoms with Gasteiger partial charge in [-0.25, -0.2) is 4.98 Å². The first-order valence-electron chi connectivity index (χ1n) is 6.16. The van der Waals surface area contributed by atoms with E-state index >= 15 is 0 Å². The van der Waals surface area contributed by atoms with Gasteiger partial charge in [-0.2, -0.15) is 4.37 Å². The maximum Gasteiger partial charge on any atom is 0.273 e. The Kier molecular flexibility index (Phi) is 3.31. The topological polar surface area (TPSA) is 50.5 Å². The molecule has 0 fully saturated rings. The summed E-state index contributed by atoms with van der Waals surface area (Å²) in [6.07, 6.45) is 2.07. The summed E-state index contributed by atoms with van der Waals surface area (Å²) in [5.74, 6) is -0.0625. The standard InChI is InChI=1S/C13H14N4OS2/c1-8-6-17-11(9(2)14-13(17)20-8)7-16(3)12(18)10-4-5-19-15-10/h4-6H,7H2,1-3H3. The van der Waals surface area contributed by atoms with Crippen LogP contribution in [0, 0.1) is 13.8 Å². The predicted octanol–water partition coefficient (Wildman–Crippen LogP) is 2.74. The van der Waals surface area contributed by atoms with Gasteiger partial charge in [0.2, 0.25) is 0 Å². The van der Waals surface area contributed by atoms with Crippen molar-refractivity contribution in [2.75, 3.05) is 7.05 Å². The molecule has 0 radical (unpaired) electrons. The molecule has 0 aliphatic rings. The van der Waals surface area contributed by atoms with E-state index in [1.165, 1.54) is 16.4 Å².